The quantitative estimate of drug-likeness (QED) is 0.634. The minimum atomic E-state index is -0.686. The van der Waals surface area contributed by atoms with Crippen molar-refractivity contribution in [2.24, 2.45) is 5.73 Å². The highest BCUT2D eigenvalue weighted by atomic mass is 32.1. The smallest absolute Gasteiger partial charge is 0.243 e. The molecular formula is C18H22N6OS. The predicted octanol–water partition coefficient (Wildman–Crippen LogP) is 2.24. The van der Waals surface area contributed by atoms with Crippen LogP contribution in [0.2, 0.25) is 0 Å². The zero-order valence-corrected chi connectivity index (χ0v) is 15.4. The molecule has 8 heteroatoms. The molecule has 0 radical (unpaired) electrons. The van der Waals surface area contributed by atoms with Gasteiger partial charge in [0.1, 0.15) is 5.01 Å². The number of amides is 1. The summed E-state index contributed by atoms with van der Waals surface area (Å²) in [5.74, 6) is -0.276. The van der Waals surface area contributed by atoms with Crippen molar-refractivity contribution in [2.75, 3.05) is 5.32 Å². The number of hydrogen-bond donors (Lipinski definition) is 2. The van der Waals surface area contributed by atoms with Gasteiger partial charge in [-0.25, -0.2) is 4.98 Å². The van der Waals surface area contributed by atoms with Gasteiger partial charge in [0.2, 0.25) is 11.0 Å². The Morgan fingerprint density at radius 3 is 2.88 bits per heavy atom. The molecular weight excluding hydrogens is 348 g/mol. The van der Waals surface area contributed by atoms with Crippen molar-refractivity contribution in [3.05, 3.63) is 59.1 Å². The summed E-state index contributed by atoms with van der Waals surface area (Å²) in [6.45, 7) is 2.81. The summed E-state index contributed by atoms with van der Waals surface area (Å²) >= 11 is 1.39. The Balaban J connectivity index is 1.53. The average molecular weight is 370 g/mol. The largest absolute Gasteiger partial charge is 0.333 e. The number of carbonyl (C=O) groups is 1. The molecule has 2 aromatic heterocycles. The predicted molar refractivity (Wildman–Crippen MR) is 102 cm³/mol. The van der Waals surface area contributed by atoms with E-state index in [9.17, 15) is 4.79 Å². The fraction of sp³-hybridized carbons (Fsp3) is 0.333. The molecule has 0 unspecified atom stereocenters. The summed E-state index contributed by atoms with van der Waals surface area (Å²) in [4.78, 5) is 16.6. The molecule has 3 aromatic rings. The fourth-order valence-electron chi connectivity index (χ4n) is 2.53. The number of nitrogens with zero attached hydrogens (tertiary/aromatic N) is 4. The summed E-state index contributed by atoms with van der Waals surface area (Å²) in [6.07, 6.45) is 5.90. The maximum atomic E-state index is 12.2. The number of carbonyl (C=O) groups excluding carboxylic acids is 1. The van der Waals surface area contributed by atoms with E-state index < -0.39 is 6.04 Å². The first-order valence-electron chi connectivity index (χ1n) is 8.57. The Bertz CT molecular complexity index is 844. The molecule has 1 aromatic carbocycles. The molecule has 0 fully saturated rings. The van der Waals surface area contributed by atoms with Crippen LogP contribution in [0.4, 0.5) is 5.13 Å². The molecule has 3 rings (SSSR count). The van der Waals surface area contributed by atoms with Crippen LogP contribution in [0.5, 0.6) is 0 Å². The topological polar surface area (TPSA) is 98.7 Å². The lowest BCUT2D eigenvalue weighted by atomic mass is 10.1. The molecule has 1 amide bonds. The number of nitrogens with one attached hydrogen (secondary N) is 1. The summed E-state index contributed by atoms with van der Waals surface area (Å²) < 4.78 is 1.98. The fourth-order valence-corrected chi connectivity index (χ4v) is 3.37. The van der Waals surface area contributed by atoms with E-state index in [2.05, 4.69) is 39.6 Å². The second-order valence-corrected chi connectivity index (χ2v) is 7.14. The van der Waals surface area contributed by atoms with Crippen LogP contribution in [0.15, 0.2) is 42.9 Å². The van der Waals surface area contributed by atoms with Crippen molar-refractivity contribution in [3.8, 4) is 0 Å². The van der Waals surface area contributed by atoms with E-state index >= 15 is 0 Å². The van der Waals surface area contributed by atoms with E-state index in [1.165, 1.54) is 16.9 Å². The molecule has 0 saturated carbocycles. The van der Waals surface area contributed by atoms with Crippen LogP contribution >= 0.6 is 11.3 Å². The molecule has 0 aliphatic rings. The number of aryl methyl sites for hydroxylation is 1. The summed E-state index contributed by atoms with van der Waals surface area (Å²) in [7, 11) is 0. The van der Waals surface area contributed by atoms with Gasteiger partial charge in [-0.3, -0.25) is 10.1 Å². The highest BCUT2D eigenvalue weighted by Gasteiger charge is 2.17. The van der Waals surface area contributed by atoms with Crippen LogP contribution in [-0.2, 0) is 24.2 Å². The Morgan fingerprint density at radius 1 is 1.31 bits per heavy atom. The third-order valence-electron chi connectivity index (χ3n) is 3.82. The van der Waals surface area contributed by atoms with Crippen molar-refractivity contribution in [1.82, 2.24) is 19.7 Å². The SMILES string of the molecule is CCCc1nnc(NC(=O)[C@@H](N)Cc2cn(Cc3ccccc3)cn2)s1. The maximum Gasteiger partial charge on any atom is 0.243 e. The number of anilines is 1. The van der Waals surface area contributed by atoms with E-state index in [1.54, 1.807) is 6.33 Å². The van der Waals surface area contributed by atoms with Crippen molar-refractivity contribution < 1.29 is 4.79 Å². The lowest BCUT2D eigenvalue weighted by Gasteiger charge is -2.08. The molecule has 0 saturated heterocycles. The van der Waals surface area contributed by atoms with Gasteiger partial charge in [0.05, 0.1) is 18.1 Å². The van der Waals surface area contributed by atoms with Gasteiger partial charge in [0, 0.05) is 25.6 Å². The lowest BCUT2D eigenvalue weighted by molar-refractivity contribution is -0.117. The van der Waals surface area contributed by atoms with Crippen molar-refractivity contribution >= 4 is 22.4 Å². The van der Waals surface area contributed by atoms with Crippen LogP contribution in [0, 0.1) is 0 Å². The third-order valence-corrected chi connectivity index (χ3v) is 4.72. The van der Waals surface area contributed by atoms with Crippen LogP contribution in [-0.4, -0.2) is 31.7 Å². The first kappa shape index (κ1) is 18.2. The standard InChI is InChI=1S/C18H22N6OS/c1-2-6-16-22-23-18(26-16)21-17(25)15(19)9-14-11-24(12-20-14)10-13-7-4-3-5-8-13/h3-5,7-8,11-12,15H,2,6,9-10,19H2,1H3,(H,21,23,25)/t15-/m0/s1. The number of aromatic nitrogens is 4. The Kier molecular flexibility index (Phi) is 6.08. The van der Waals surface area contributed by atoms with E-state index in [1.807, 2.05) is 29.0 Å². The molecule has 2 heterocycles. The molecule has 0 spiro atoms. The van der Waals surface area contributed by atoms with E-state index in [0.29, 0.717) is 11.6 Å². The maximum absolute atomic E-state index is 12.2. The Labute approximate surface area is 156 Å². The van der Waals surface area contributed by atoms with Gasteiger partial charge >= 0.3 is 0 Å². The lowest BCUT2D eigenvalue weighted by Crippen LogP contribution is -2.37. The highest BCUT2D eigenvalue weighted by molar-refractivity contribution is 7.15. The van der Waals surface area contributed by atoms with Crippen molar-refractivity contribution in [2.45, 2.75) is 38.8 Å². The molecule has 1 atom stereocenters. The first-order valence-corrected chi connectivity index (χ1v) is 9.39. The minimum Gasteiger partial charge on any atom is -0.333 e. The second-order valence-electron chi connectivity index (χ2n) is 6.07. The Morgan fingerprint density at radius 2 is 2.12 bits per heavy atom. The van der Waals surface area contributed by atoms with E-state index in [4.69, 9.17) is 5.73 Å². The summed E-state index contributed by atoms with van der Waals surface area (Å²) in [5.41, 5.74) is 8.00. The van der Waals surface area contributed by atoms with Gasteiger partial charge in [-0.05, 0) is 12.0 Å². The molecule has 7 nitrogen and oxygen atoms in total. The molecule has 0 aliphatic heterocycles. The third kappa shape index (κ3) is 4.96. The number of hydrogen-bond acceptors (Lipinski definition) is 6. The molecule has 0 aliphatic carbocycles. The number of nitrogens with two attached hydrogens (primary N) is 1. The zero-order valence-electron chi connectivity index (χ0n) is 14.6. The average Bonchev–Trinajstić information content (AvgIpc) is 3.25. The van der Waals surface area contributed by atoms with E-state index in [0.717, 1.165) is 30.1 Å². The molecule has 26 heavy (non-hydrogen) atoms. The number of imidazole rings is 1. The highest BCUT2D eigenvalue weighted by Crippen LogP contribution is 2.16. The molecule has 3 N–H and O–H groups in total. The summed E-state index contributed by atoms with van der Waals surface area (Å²) in [5, 5.41) is 12.2. The van der Waals surface area contributed by atoms with Crippen molar-refractivity contribution in [1.29, 1.82) is 0 Å². The molecule has 136 valence electrons. The Hall–Kier alpha value is -2.58. The normalized spacial score (nSPS) is 12.1. The summed E-state index contributed by atoms with van der Waals surface area (Å²) in [6, 6.07) is 9.44. The van der Waals surface area contributed by atoms with Crippen LogP contribution in [0.25, 0.3) is 0 Å². The van der Waals surface area contributed by atoms with Gasteiger partial charge in [-0.15, -0.1) is 10.2 Å². The number of rotatable bonds is 8. The minimum absolute atomic E-state index is 0.276. The van der Waals surface area contributed by atoms with E-state index in [-0.39, 0.29) is 5.91 Å². The van der Waals surface area contributed by atoms with Crippen molar-refractivity contribution in [3.63, 3.8) is 0 Å². The van der Waals surface area contributed by atoms with Crippen LogP contribution < -0.4 is 11.1 Å². The van der Waals surface area contributed by atoms with Crippen LogP contribution in [0.1, 0.15) is 29.6 Å². The monoisotopic (exact) mass is 370 g/mol. The van der Waals surface area contributed by atoms with Gasteiger partial charge in [0.25, 0.3) is 0 Å². The van der Waals surface area contributed by atoms with Gasteiger partial charge in [-0.2, -0.15) is 0 Å². The number of benzene rings is 1. The van der Waals surface area contributed by atoms with Gasteiger partial charge in [0.15, 0.2) is 0 Å². The second kappa shape index (κ2) is 8.68. The zero-order chi connectivity index (χ0) is 18.4. The van der Waals surface area contributed by atoms with Crippen LogP contribution in [0.3, 0.4) is 0 Å². The first-order chi connectivity index (χ1) is 12.6. The van der Waals surface area contributed by atoms with Gasteiger partial charge < -0.3 is 10.3 Å². The molecule has 0 bridgehead atoms. The van der Waals surface area contributed by atoms with Gasteiger partial charge in [-0.1, -0.05) is 48.6 Å².